The summed E-state index contributed by atoms with van der Waals surface area (Å²) in [6.45, 7) is 1.60. The molecule has 18 heavy (non-hydrogen) atoms. The highest BCUT2D eigenvalue weighted by Crippen LogP contribution is 2.19. The number of benzene rings is 1. The van der Waals surface area contributed by atoms with Crippen LogP contribution in [0.2, 0.25) is 0 Å². The minimum atomic E-state index is 0. The second-order valence-corrected chi connectivity index (χ2v) is 4.48. The minimum absolute atomic E-state index is 0. The van der Waals surface area contributed by atoms with Crippen molar-refractivity contribution in [2.24, 2.45) is 0 Å². The van der Waals surface area contributed by atoms with Crippen LogP contribution in [0.5, 0.6) is 0 Å². The molecule has 1 aromatic carbocycles. The summed E-state index contributed by atoms with van der Waals surface area (Å²) in [7, 11) is 1.65. The fourth-order valence-electron chi connectivity index (χ4n) is 1.24. The van der Waals surface area contributed by atoms with Crippen molar-refractivity contribution in [2.75, 3.05) is 12.9 Å². The van der Waals surface area contributed by atoms with Gasteiger partial charge in [-0.25, -0.2) is 0 Å². The van der Waals surface area contributed by atoms with Crippen molar-refractivity contribution in [1.29, 1.82) is 0 Å². The Balaban J connectivity index is -0.000000750. The Bertz CT molecular complexity index is 299. The van der Waals surface area contributed by atoms with Crippen LogP contribution < -0.4 is 0 Å². The number of hydrogen-bond acceptors (Lipinski definition) is 3. The molecule has 0 N–H and O–H groups in total. The lowest BCUT2D eigenvalue weighted by atomic mass is 10.2. The molecular weight excluding hydrogens is 244 g/mol. The van der Waals surface area contributed by atoms with Gasteiger partial charge in [-0.1, -0.05) is 40.5 Å². The highest BCUT2D eigenvalue weighted by molar-refractivity contribution is 7.99. The van der Waals surface area contributed by atoms with E-state index >= 15 is 0 Å². The molecule has 0 bridgehead atoms. The second-order valence-electron chi connectivity index (χ2n) is 3.39. The van der Waals surface area contributed by atoms with E-state index in [0.717, 1.165) is 5.75 Å². The SMILES string of the molecule is C.C.C.COC(CSc1ccccc1)CC(C)=O. The molecule has 1 atom stereocenters. The molecule has 1 aromatic rings. The lowest BCUT2D eigenvalue weighted by Crippen LogP contribution is -2.17. The van der Waals surface area contributed by atoms with E-state index in [4.69, 9.17) is 4.74 Å². The lowest BCUT2D eigenvalue weighted by molar-refractivity contribution is -0.119. The Morgan fingerprint density at radius 2 is 1.78 bits per heavy atom. The van der Waals surface area contributed by atoms with E-state index in [1.165, 1.54) is 4.90 Å². The van der Waals surface area contributed by atoms with Crippen LogP contribution in [0.15, 0.2) is 35.2 Å². The number of rotatable bonds is 6. The number of methoxy groups -OCH3 is 1. The van der Waals surface area contributed by atoms with Gasteiger partial charge in [0.05, 0.1) is 6.10 Å². The van der Waals surface area contributed by atoms with Crippen molar-refractivity contribution in [2.45, 2.75) is 46.6 Å². The molecule has 1 rings (SSSR count). The number of carbonyl (C=O) groups is 1. The van der Waals surface area contributed by atoms with E-state index in [2.05, 4.69) is 12.1 Å². The highest BCUT2D eigenvalue weighted by Gasteiger charge is 2.10. The molecule has 0 heterocycles. The number of ether oxygens (including phenoxy) is 1. The van der Waals surface area contributed by atoms with Gasteiger partial charge in [-0.3, -0.25) is 4.79 Å². The molecular formula is C15H28O2S. The molecule has 0 spiro atoms. The Hall–Kier alpha value is -0.800. The van der Waals surface area contributed by atoms with Crippen molar-refractivity contribution < 1.29 is 9.53 Å². The number of ketones is 1. The summed E-state index contributed by atoms with van der Waals surface area (Å²) in [5.41, 5.74) is 0. The average Bonchev–Trinajstić information content (AvgIpc) is 2.25. The Morgan fingerprint density at radius 3 is 2.22 bits per heavy atom. The fraction of sp³-hybridized carbons (Fsp3) is 0.533. The van der Waals surface area contributed by atoms with Crippen molar-refractivity contribution in [3.63, 3.8) is 0 Å². The molecule has 0 aliphatic carbocycles. The van der Waals surface area contributed by atoms with E-state index in [0.29, 0.717) is 6.42 Å². The summed E-state index contributed by atoms with van der Waals surface area (Å²) in [5.74, 6) is 0.996. The standard InChI is InChI=1S/C12H16O2S.3CH4/c1-10(13)8-11(14-2)9-15-12-6-4-3-5-7-12;;;/h3-7,11H,8-9H2,1-2H3;3*1H4. The van der Waals surface area contributed by atoms with Crippen LogP contribution in [-0.4, -0.2) is 24.7 Å². The van der Waals surface area contributed by atoms with Crippen molar-refractivity contribution in [3.8, 4) is 0 Å². The average molecular weight is 272 g/mol. The van der Waals surface area contributed by atoms with Gasteiger partial charge in [0, 0.05) is 24.2 Å². The first-order valence-corrected chi connectivity index (χ1v) is 5.91. The van der Waals surface area contributed by atoms with Gasteiger partial charge in [0.1, 0.15) is 5.78 Å². The summed E-state index contributed by atoms with van der Waals surface area (Å²) in [4.78, 5) is 12.1. The van der Waals surface area contributed by atoms with Crippen LogP contribution in [0.3, 0.4) is 0 Å². The van der Waals surface area contributed by atoms with E-state index in [-0.39, 0.29) is 34.2 Å². The zero-order chi connectivity index (χ0) is 11.1. The highest BCUT2D eigenvalue weighted by atomic mass is 32.2. The third-order valence-corrected chi connectivity index (χ3v) is 3.17. The third kappa shape index (κ3) is 9.25. The number of carbonyl (C=O) groups excluding carboxylic acids is 1. The van der Waals surface area contributed by atoms with Gasteiger partial charge in [-0.05, 0) is 19.1 Å². The van der Waals surface area contributed by atoms with Crippen LogP contribution in [0.4, 0.5) is 0 Å². The van der Waals surface area contributed by atoms with Gasteiger partial charge in [0.15, 0.2) is 0 Å². The zero-order valence-corrected chi connectivity index (χ0v) is 9.92. The summed E-state index contributed by atoms with van der Waals surface area (Å²) < 4.78 is 5.24. The van der Waals surface area contributed by atoms with Crippen LogP contribution >= 0.6 is 11.8 Å². The molecule has 3 heteroatoms. The van der Waals surface area contributed by atoms with Gasteiger partial charge >= 0.3 is 0 Å². The maximum absolute atomic E-state index is 10.9. The van der Waals surface area contributed by atoms with Crippen molar-refractivity contribution in [1.82, 2.24) is 0 Å². The van der Waals surface area contributed by atoms with Crippen molar-refractivity contribution >= 4 is 17.5 Å². The quantitative estimate of drug-likeness (QED) is 0.703. The summed E-state index contributed by atoms with van der Waals surface area (Å²) >= 11 is 1.72. The number of Topliss-reactive ketones (excluding diaryl/α,β-unsaturated/α-hetero) is 1. The molecule has 0 radical (unpaired) electrons. The second kappa shape index (κ2) is 12.7. The van der Waals surface area contributed by atoms with Gasteiger partial charge in [-0.2, -0.15) is 0 Å². The van der Waals surface area contributed by atoms with E-state index in [1.807, 2.05) is 18.2 Å². The molecule has 0 fully saturated rings. The first kappa shape index (κ1) is 22.4. The summed E-state index contributed by atoms with van der Waals surface area (Å²) in [6.07, 6.45) is 0.517. The predicted octanol–water partition coefficient (Wildman–Crippen LogP) is 4.68. The van der Waals surface area contributed by atoms with Gasteiger partial charge in [-0.15, -0.1) is 11.8 Å². The van der Waals surface area contributed by atoms with Crippen LogP contribution in [0.25, 0.3) is 0 Å². The zero-order valence-electron chi connectivity index (χ0n) is 9.10. The monoisotopic (exact) mass is 272 g/mol. The molecule has 0 saturated carbocycles. The van der Waals surface area contributed by atoms with Gasteiger partial charge in [0.2, 0.25) is 0 Å². The number of hydrogen-bond donors (Lipinski definition) is 0. The van der Waals surface area contributed by atoms with E-state index in [1.54, 1.807) is 25.8 Å². The lowest BCUT2D eigenvalue weighted by Gasteiger charge is -2.12. The number of thioether (sulfide) groups is 1. The molecule has 1 unspecified atom stereocenters. The van der Waals surface area contributed by atoms with E-state index in [9.17, 15) is 4.79 Å². The molecule has 0 aliphatic heterocycles. The maximum Gasteiger partial charge on any atom is 0.132 e. The summed E-state index contributed by atoms with van der Waals surface area (Å²) in [6, 6.07) is 10.1. The van der Waals surface area contributed by atoms with Crippen LogP contribution in [0, 0.1) is 0 Å². The molecule has 0 saturated heterocycles. The Kier molecular flexibility index (Phi) is 15.7. The van der Waals surface area contributed by atoms with Gasteiger partial charge in [0.25, 0.3) is 0 Å². The van der Waals surface area contributed by atoms with Crippen molar-refractivity contribution in [3.05, 3.63) is 30.3 Å². The normalized spacial score (nSPS) is 10.3. The van der Waals surface area contributed by atoms with Gasteiger partial charge < -0.3 is 4.74 Å². The Morgan fingerprint density at radius 1 is 1.22 bits per heavy atom. The maximum atomic E-state index is 10.9. The minimum Gasteiger partial charge on any atom is -0.380 e. The first-order valence-electron chi connectivity index (χ1n) is 4.92. The third-order valence-electron chi connectivity index (χ3n) is 2.03. The molecule has 0 aliphatic rings. The first-order chi connectivity index (χ1) is 7.22. The largest absolute Gasteiger partial charge is 0.380 e. The smallest absolute Gasteiger partial charge is 0.132 e. The topological polar surface area (TPSA) is 26.3 Å². The molecule has 0 aromatic heterocycles. The van der Waals surface area contributed by atoms with E-state index < -0.39 is 0 Å². The fourth-order valence-corrected chi connectivity index (χ4v) is 2.22. The molecule has 0 amide bonds. The van der Waals surface area contributed by atoms with Crippen LogP contribution in [0.1, 0.15) is 35.6 Å². The molecule has 106 valence electrons. The molecule has 2 nitrogen and oxygen atoms in total. The predicted molar refractivity (Wildman–Crippen MR) is 83.5 cm³/mol. The Labute approximate surface area is 117 Å². The van der Waals surface area contributed by atoms with Crippen LogP contribution in [-0.2, 0) is 9.53 Å². The summed E-state index contributed by atoms with van der Waals surface area (Å²) in [5, 5.41) is 0.